The number of carbonyl (C=O) groups is 3. The molecular formula is C14H21N4O4+. The van der Waals surface area contributed by atoms with Gasteiger partial charge in [0.1, 0.15) is 5.75 Å². The molecule has 0 fully saturated rings. The number of hydrogen-bond donors (Lipinski definition) is 4. The predicted octanol–water partition coefficient (Wildman–Crippen LogP) is -1.40. The largest absolute Gasteiger partial charge is 0.497 e. The van der Waals surface area contributed by atoms with Gasteiger partial charge in [-0.25, -0.2) is 4.79 Å². The van der Waals surface area contributed by atoms with E-state index in [0.717, 1.165) is 0 Å². The van der Waals surface area contributed by atoms with Crippen molar-refractivity contribution in [2.75, 3.05) is 39.6 Å². The van der Waals surface area contributed by atoms with Crippen molar-refractivity contribution in [3.05, 3.63) is 24.3 Å². The zero-order chi connectivity index (χ0) is 16.5. The van der Waals surface area contributed by atoms with Gasteiger partial charge < -0.3 is 20.3 Å². The van der Waals surface area contributed by atoms with Crippen LogP contribution < -0.4 is 25.6 Å². The molecule has 8 nitrogen and oxygen atoms in total. The SMILES string of the molecule is CNC(=O)NC(=O)C[NH+](C)CC(=O)Nc1ccc(OC)cc1. The summed E-state index contributed by atoms with van der Waals surface area (Å²) in [6.07, 6.45) is 0. The molecule has 0 saturated carbocycles. The molecule has 1 aromatic rings. The third kappa shape index (κ3) is 6.23. The predicted molar refractivity (Wildman–Crippen MR) is 80.8 cm³/mol. The summed E-state index contributed by atoms with van der Waals surface area (Å²) in [5, 5.41) is 7.15. The van der Waals surface area contributed by atoms with Gasteiger partial charge >= 0.3 is 6.03 Å². The van der Waals surface area contributed by atoms with Crippen LogP contribution in [-0.4, -0.2) is 52.1 Å². The molecule has 1 aromatic carbocycles. The Morgan fingerprint density at radius 1 is 1.09 bits per heavy atom. The molecule has 0 aliphatic carbocycles. The zero-order valence-corrected chi connectivity index (χ0v) is 12.9. The molecule has 4 N–H and O–H groups in total. The van der Waals surface area contributed by atoms with Gasteiger partial charge in [-0.3, -0.25) is 14.9 Å². The number of benzene rings is 1. The molecule has 0 aliphatic rings. The fourth-order valence-corrected chi connectivity index (χ4v) is 1.72. The lowest BCUT2D eigenvalue weighted by Gasteiger charge is -2.13. The third-order valence-electron chi connectivity index (χ3n) is 2.78. The Morgan fingerprint density at radius 3 is 2.23 bits per heavy atom. The number of amides is 4. The number of imide groups is 1. The Kier molecular flexibility index (Phi) is 6.84. The molecule has 0 spiro atoms. The molecule has 120 valence electrons. The molecule has 0 bridgehead atoms. The van der Waals surface area contributed by atoms with Crippen molar-refractivity contribution in [1.29, 1.82) is 0 Å². The quantitative estimate of drug-likeness (QED) is 0.519. The minimum atomic E-state index is -0.569. The maximum absolute atomic E-state index is 11.9. The van der Waals surface area contributed by atoms with Gasteiger partial charge in [-0.05, 0) is 24.3 Å². The Labute approximate surface area is 128 Å². The Bertz CT molecular complexity index is 530. The molecular weight excluding hydrogens is 288 g/mol. The second-order valence-electron chi connectivity index (χ2n) is 4.71. The minimum Gasteiger partial charge on any atom is -0.497 e. The van der Waals surface area contributed by atoms with E-state index < -0.39 is 11.9 Å². The summed E-state index contributed by atoms with van der Waals surface area (Å²) in [6.45, 7) is 0.122. The number of carbonyl (C=O) groups excluding carboxylic acids is 3. The summed E-state index contributed by atoms with van der Waals surface area (Å²) in [6, 6.07) is 6.36. The fourth-order valence-electron chi connectivity index (χ4n) is 1.72. The number of ether oxygens (including phenoxy) is 1. The number of urea groups is 1. The molecule has 0 aromatic heterocycles. The minimum absolute atomic E-state index is 0.0173. The van der Waals surface area contributed by atoms with Crippen LogP contribution in [0.2, 0.25) is 0 Å². The van der Waals surface area contributed by atoms with Crippen molar-refractivity contribution in [1.82, 2.24) is 10.6 Å². The molecule has 8 heteroatoms. The Hall–Kier alpha value is -2.61. The second kappa shape index (κ2) is 8.63. The van der Waals surface area contributed by atoms with E-state index >= 15 is 0 Å². The Morgan fingerprint density at radius 2 is 1.68 bits per heavy atom. The molecule has 4 amide bonds. The number of methoxy groups -OCH3 is 1. The highest BCUT2D eigenvalue weighted by atomic mass is 16.5. The molecule has 1 rings (SSSR count). The number of nitrogens with one attached hydrogen (secondary N) is 4. The zero-order valence-electron chi connectivity index (χ0n) is 12.9. The van der Waals surface area contributed by atoms with Crippen LogP contribution in [0.4, 0.5) is 10.5 Å². The van der Waals surface area contributed by atoms with Gasteiger partial charge in [0.05, 0.1) is 14.2 Å². The monoisotopic (exact) mass is 309 g/mol. The van der Waals surface area contributed by atoms with Crippen LogP contribution in [0.3, 0.4) is 0 Å². The standard InChI is InChI=1S/C14H20N4O4/c1-15-14(21)17-13(20)9-18(2)8-12(19)16-10-4-6-11(22-3)7-5-10/h4-7H,8-9H2,1-3H3,(H,16,19)(H2,15,17,20,21)/p+1. The van der Waals surface area contributed by atoms with Crippen molar-refractivity contribution >= 4 is 23.5 Å². The van der Waals surface area contributed by atoms with Crippen LogP contribution in [0.1, 0.15) is 0 Å². The first kappa shape index (κ1) is 17.4. The van der Waals surface area contributed by atoms with E-state index in [2.05, 4.69) is 16.0 Å². The number of anilines is 1. The lowest BCUT2D eigenvalue weighted by atomic mass is 10.3. The number of likely N-dealkylation sites (N-methyl/N-ethyl adjacent to an activating group) is 1. The molecule has 0 aliphatic heterocycles. The van der Waals surface area contributed by atoms with Gasteiger partial charge in [0, 0.05) is 12.7 Å². The highest BCUT2D eigenvalue weighted by Gasteiger charge is 2.15. The molecule has 1 atom stereocenters. The van der Waals surface area contributed by atoms with Gasteiger partial charge in [0.2, 0.25) is 0 Å². The first-order chi connectivity index (χ1) is 10.4. The number of rotatable bonds is 6. The van der Waals surface area contributed by atoms with Crippen molar-refractivity contribution in [3.8, 4) is 5.75 Å². The fraction of sp³-hybridized carbons (Fsp3) is 0.357. The van der Waals surface area contributed by atoms with Crippen molar-refractivity contribution in [2.24, 2.45) is 0 Å². The summed E-state index contributed by atoms with van der Waals surface area (Å²) < 4.78 is 5.03. The van der Waals surface area contributed by atoms with Gasteiger partial charge in [0.15, 0.2) is 13.1 Å². The van der Waals surface area contributed by atoms with E-state index in [4.69, 9.17) is 4.74 Å². The molecule has 0 radical (unpaired) electrons. The van der Waals surface area contributed by atoms with Gasteiger partial charge in [0.25, 0.3) is 11.8 Å². The van der Waals surface area contributed by atoms with E-state index in [9.17, 15) is 14.4 Å². The lowest BCUT2D eigenvalue weighted by Crippen LogP contribution is -3.11. The smallest absolute Gasteiger partial charge is 0.321 e. The van der Waals surface area contributed by atoms with Crippen molar-refractivity contribution in [3.63, 3.8) is 0 Å². The van der Waals surface area contributed by atoms with Gasteiger partial charge in [-0.2, -0.15) is 0 Å². The maximum atomic E-state index is 11.9. The normalized spacial score (nSPS) is 11.2. The van der Waals surface area contributed by atoms with E-state index in [1.807, 2.05) is 0 Å². The lowest BCUT2D eigenvalue weighted by molar-refractivity contribution is -0.862. The van der Waals surface area contributed by atoms with Crippen LogP contribution in [0, 0.1) is 0 Å². The highest BCUT2D eigenvalue weighted by molar-refractivity contribution is 5.95. The summed E-state index contributed by atoms with van der Waals surface area (Å²) >= 11 is 0. The van der Waals surface area contributed by atoms with Crippen molar-refractivity contribution < 1.29 is 24.0 Å². The van der Waals surface area contributed by atoms with E-state index in [0.29, 0.717) is 16.3 Å². The first-order valence-electron chi connectivity index (χ1n) is 6.71. The average molecular weight is 309 g/mol. The molecule has 0 saturated heterocycles. The average Bonchev–Trinajstić information content (AvgIpc) is 2.47. The van der Waals surface area contributed by atoms with Crippen LogP contribution in [-0.2, 0) is 9.59 Å². The van der Waals surface area contributed by atoms with Crippen molar-refractivity contribution in [2.45, 2.75) is 0 Å². The third-order valence-corrected chi connectivity index (χ3v) is 2.78. The van der Waals surface area contributed by atoms with Crippen LogP contribution in [0.25, 0.3) is 0 Å². The van der Waals surface area contributed by atoms with E-state index in [-0.39, 0.29) is 19.0 Å². The Balaban J connectivity index is 2.40. The number of quaternary nitrogens is 1. The van der Waals surface area contributed by atoms with E-state index in [1.165, 1.54) is 7.05 Å². The molecule has 0 heterocycles. The highest BCUT2D eigenvalue weighted by Crippen LogP contribution is 2.14. The van der Waals surface area contributed by atoms with Gasteiger partial charge in [-0.15, -0.1) is 0 Å². The first-order valence-corrected chi connectivity index (χ1v) is 6.71. The van der Waals surface area contributed by atoms with Crippen LogP contribution in [0.5, 0.6) is 5.75 Å². The summed E-state index contributed by atoms with van der Waals surface area (Å²) in [5.74, 6) is 0.0242. The van der Waals surface area contributed by atoms with Crippen LogP contribution in [0.15, 0.2) is 24.3 Å². The van der Waals surface area contributed by atoms with Gasteiger partial charge in [-0.1, -0.05) is 0 Å². The summed E-state index contributed by atoms with van der Waals surface area (Å²) in [5.41, 5.74) is 0.647. The summed E-state index contributed by atoms with van der Waals surface area (Å²) in [4.78, 5) is 35.0. The number of hydrogen-bond acceptors (Lipinski definition) is 4. The topological polar surface area (TPSA) is 101 Å². The molecule has 1 unspecified atom stereocenters. The summed E-state index contributed by atoms with van der Waals surface area (Å²) in [7, 11) is 4.67. The second-order valence-corrected chi connectivity index (χ2v) is 4.71. The van der Waals surface area contributed by atoms with Crippen LogP contribution >= 0.6 is 0 Å². The maximum Gasteiger partial charge on any atom is 0.321 e. The van der Waals surface area contributed by atoms with E-state index in [1.54, 1.807) is 38.4 Å². The molecule has 22 heavy (non-hydrogen) atoms.